The van der Waals surface area contributed by atoms with E-state index in [4.69, 9.17) is 14.2 Å². The van der Waals surface area contributed by atoms with Crippen LogP contribution in [0.4, 0.5) is 0 Å². The number of rotatable bonds is 8. The summed E-state index contributed by atoms with van der Waals surface area (Å²) < 4.78 is 17.8. The van der Waals surface area contributed by atoms with Crippen LogP contribution in [0.25, 0.3) is 16.3 Å². The maximum atomic E-state index is 12.6. The van der Waals surface area contributed by atoms with Gasteiger partial charge in [-0.15, -0.1) is 16.4 Å². The van der Waals surface area contributed by atoms with Crippen molar-refractivity contribution in [3.05, 3.63) is 65.4 Å². The van der Waals surface area contributed by atoms with Gasteiger partial charge in [-0.3, -0.25) is 0 Å². The fourth-order valence-corrected chi connectivity index (χ4v) is 3.72. The highest BCUT2D eigenvalue weighted by Crippen LogP contribution is 2.34. The van der Waals surface area contributed by atoms with Crippen molar-refractivity contribution in [1.29, 1.82) is 0 Å². The largest absolute Gasteiger partial charge is 0.493 e. The summed E-state index contributed by atoms with van der Waals surface area (Å²) in [6.45, 7) is 2.52. The van der Waals surface area contributed by atoms with E-state index in [1.807, 2.05) is 30.5 Å². The lowest BCUT2D eigenvalue weighted by molar-refractivity contribution is 0.0468. The van der Waals surface area contributed by atoms with E-state index in [0.29, 0.717) is 35.1 Å². The molecule has 0 atom stereocenters. The average molecular weight is 437 g/mol. The van der Waals surface area contributed by atoms with Crippen LogP contribution >= 0.6 is 11.3 Å². The van der Waals surface area contributed by atoms with Crippen LogP contribution in [0.3, 0.4) is 0 Å². The molecular weight excluding hydrogens is 418 g/mol. The number of hydrogen-bond acceptors (Lipinski definition) is 9. The first-order chi connectivity index (χ1) is 15.2. The van der Waals surface area contributed by atoms with Crippen molar-refractivity contribution in [3.8, 4) is 27.8 Å². The maximum Gasteiger partial charge on any atom is 0.340 e. The zero-order valence-corrected chi connectivity index (χ0v) is 17.7. The van der Waals surface area contributed by atoms with Gasteiger partial charge in [0.15, 0.2) is 11.5 Å². The van der Waals surface area contributed by atoms with Crippen LogP contribution in [0.15, 0.2) is 54.2 Å². The van der Waals surface area contributed by atoms with Crippen molar-refractivity contribution < 1.29 is 19.0 Å². The SMILES string of the molecule is CCOc1ccc(-c2nc(COC(=O)c3ccccc3-n3cnnn3)cs2)cc1OC. The molecule has 0 saturated heterocycles. The molecule has 0 aliphatic rings. The van der Waals surface area contributed by atoms with E-state index < -0.39 is 5.97 Å². The molecule has 0 saturated carbocycles. The minimum Gasteiger partial charge on any atom is -0.493 e. The van der Waals surface area contributed by atoms with Crippen molar-refractivity contribution in [2.24, 2.45) is 0 Å². The van der Waals surface area contributed by atoms with Gasteiger partial charge in [-0.1, -0.05) is 12.1 Å². The van der Waals surface area contributed by atoms with E-state index >= 15 is 0 Å². The van der Waals surface area contributed by atoms with Crippen LogP contribution in [0.1, 0.15) is 23.0 Å². The summed E-state index contributed by atoms with van der Waals surface area (Å²) in [4.78, 5) is 17.2. The summed E-state index contributed by atoms with van der Waals surface area (Å²) >= 11 is 1.46. The number of benzene rings is 2. The van der Waals surface area contributed by atoms with Crippen LogP contribution in [-0.4, -0.2) is 44.9 Å². The molecule has 4 rings (SSSR count). The highest BCUT2D eigenvalue weighted by molar-refractivity contribution is 7.13. The second-order valence-corrected chi connectivity index (χ2v) is 7.15. The monoisotopic (exact) mass is 437 g/mol. The fourth-order valence-electron chi connectivity index (χ4n) is 2.92. The van der Waals surface area contributed by atoms with Gasteiger partial charge in [-0.25, -0.2) is 9.78 Å². The van der Waals surface area contributed by atoms with Gasteiger partial charge in [0.1, 0.15) is 17.9 Å². The van der Waals surface area contributed by atoms with Crippen molar-refractivity contribution >= 4 is 17.3 Å². The molecular formula is C21H19N5O4S. The van der Waals surface area contributed by atoms with Crippen LogP contribution in [0.5, 0.6) is 11.5 Å². The van der Waals surface area contributed by atoms with Crippen LogP contribution in [0.2, 0.25) is 0 Å². The topological polar surface area (TPSA) is 101 Å². The Balaban J connectivity index is 1.47. The van der Waals surface area contributed by atoms with E-state index in [2.05, 4.69) is 20.5 Å². The molecule has 2 aromatic carbocycles. The Kier molecular flexibility index (Phi) is 6.18. The zero-order valence-electron chi connectivity index (χ0n) is 16.9. The molecule has 31 heavy (non-hydrogen) atoms. The first-order valence-corrected chi connectivity index (χ1v) is 10.3. The number of ether oxygens (including phenoxy) is 3. The van der Waals surface area contributed by atoms with Gasteiger partial charge < -0.3 is 14.2 Å². The quantitative estimate of drug-likeness (QED) is 0.386. The van der Waals surface area contributed by atoms with Gasteiger partial charge >= 0.3 is 5.97 Å². The van der Waals surface area contributed by atoms with Crippen molar-refractivity contribution in [3.63, 3.8) is 0 Å². The molecule has 0 spiro atoms. The van der Waals surface area contributed by atoms with Gasteiger partial charge in [0.2, 0.25) is 0 Å². The highest BCUT2D eigenvalue weighted by Gasteiger charge is 2.16. The molecule has 2 aromatic heterocycles. The molecule has 0 aliphatic heterocycles. The Morgan fingerprint density at radius 2 is 2.03 bits per heavy atom. The number of esters is 1. The third-order valence-corrected chi connectivity index (χ3v) is 5.27. The second kappa shape index (κ2) is 9.35. The molecule has 0 radical (unpaired) electrons. The number of tetrazole rings is 1. The molecule has 10 heteroatoms. The van der Waals surface area contributed by atoms with Crippen LogP contribution < -0.4 is 9.47 Å². The average Bonchev–Trinajstić information content (AvgIpc) is 3.50. The van der Waals surface area contributed by atoms with Crippen LogP contribution in [-0.2, 0) is 11.3 Å². The molecule has 9 nitrogen and oxygen atoms in total. The standard InChI is InChI=1S/C21H19N5O4S/c1-3-29-18-9-8-14(10-19(18)28-2)20-23-15(12-31-20)11-30-21(27)16-6-4-5-7-17(16)26-13-22-24-25-26/h4-10,12-13H,3,11H2,1-2H3. The Morgan fingerprint density at radius 3 is 2.81 bits per heavy atom. The van der Waals surface area contributed by atoms with E-state index in [1.165, 1.54) is 22.3 Å². The summed E-state index contributed by atoms with van der Waals surface area (Å²) in [6, 6.07) is 12.6. The van der Waals surface area contributed by atoms with E-state index in [-0.39, 0.29) is 6.61 Å². The lowest BCUT2D eigenvalue weighted by Gasteiger charge is -2.10. The summed E-state index contributed by atoms with van der Waals surface area (Å²) in [7, 11) is 1.60. The predicted molar refractivity (Wildman–Crippen MR) is 114 cm³/mol. The molecule has 2 heterocycles. The van der Waals surface area contributed by atoms with Crippen LogP contribution in [0, 0.1) is 0 Å². The molecule has 0 bridgehead atoms. The number of thiazole rings is 1. The Morgan fingerprint density at radius 1 is 1.16 bits per heavy atom. The number of hydrogen-bond donors (Lipinski definition) is 0. The second-order valence-electron chi connectivity index (χ2n) is 6.29. The molecule has 0 N–H and O–H groups in total. The van der Waals surface area contributed by atoms with E-state index in [0.717, 1.165) is 10.6 Å². The maximum absolute atomic E-state index is 12.6. The van der Waals surface area contributed by atoms with Crippen molar-refractivity contribution in [2.45, 2.75) is 13.5 Å². The lowest BCUT2D eigenvalue weighted by Crippen LogP contribution is -2.10. The molecule has 158 valence electrons. The number of methoxy groups -OCH3 is 1. The first-order valence-electron chi connectivity index (χ1n) is 9.44. The van der Waals surface area contributed by atoms with Crippen molar-refractivity contribution in [1.82, 2.24) is 25.2 Å². The van der Waals surface area contributed by atoms with Gasteiger partial charge in [-0.05, 0) is 47.7 Å². The number of carbonyl (C=O) groups excluding carboxylic acids is 1. The third-order valence-electron chi connectivity index (χ3n) is 4.33. The fraction of sp³-hybridized carbons (Fsp3) is 0.190. The van der Waals surface area contributed by atoms with Gasteiger partial charge in [0.05, 0.1) is 30.7 Å². The summed E-state index contributed by atoms with van der Waals surface area (Å²) in [5.41, 5.74) is 2.45. The molecule has 0 fully saturated rings. The zero-order chi connectivity index (χ0) is 21.6. The summed E-state index contributed by atoms with van der Waals surface area (Å²) in [6.07, 6.45) is 1.42. The Labute approximate surface area is 182 Å². The first kappa shape index (κ1) is 20.5. The third kappa shape index (κ3) is 4.53. The van der Waals surface area contributed by atoms with Gasteiger partial charge in [-0.2, -0.15) is 4.68 Å². The Bertz CT molecular complexity index is 1180. The minimum atomic E-state index is -0.483. The van der Waals surface area contributed by atoms with Crippen molar-refractivity contribution in [2.75, 3.05) is 13.7 Å². The number of aromatic nitrogens is 5. The lowest BCUT2D eigenvalue weighted by atomic mass is 10.2. The normalized spacial score (nSPS) is 10.6. The Hall–Kier alpha value is -3.79. The molecule has 0 aliphatic carbocycles. The summed E-state index contributed by atoms with van der Waals surface area (Å²) in [5.74, 6) is 0.839. The van der Waals surface area contributed by atoms with E-state index in [1.54, 1.807) is 31.4 Å². The molecule has 0 amide bonds. The molecule has 0 unspecified atom stereocenters. The summed E-state index contributed by atoms with van der Waals surface area (Å²) in [5, 5.41) is 13.7. The van der Waals surface area contributed by atoms with E-state index in [9.17, 15) is 4.79 Å². The number of nitrogens with zero attached hydrogens (tertiary/aromatic N) is 5. The number of carbonyl (C=O) groups is 1. The smallest absolute Gasteiger partial charge is 0.340 e. The highest BCUT2D eigenvalue weighted by atomic mass is 32.1. The number of para-hydroxylation sites is 1. The van der Waals surface area contributed by atoms with Gasteiger partial charge in [0.25, 0.3) is 0 Å². The van der Waals surface area contributed by atoms with Gasteiger partial charge in [0, 0.05) is 10.9 Å². The molecule has 4 aromatic rings. The minimum absolute atomic E-state index is 0.0490. The predicted octanol–water partition coefficient (Wildman–Crippen LogP) is 3.55.